The summed E-state index contributed by atoms with van der Waals surface area (Å²) in [6.45, 7) is 8.95. The zero-order chi connectivity index (χ0) is 15.3. The molecule has 0 saturated carbocycles. The molecule has 0 aromatic heterocycles. The summed E-state index contributed by atoms with van der Waals surface area (Å²) < 4.78 is 10.6. The Morgan fingerprint density at radius 1 is 1.32 bits per heavy atom. The molecule has 0 aliphatic carbocycles. The van der Waals surface area contributed by atoms with Crippen LogP contribution in [0.3, 0.4) is 0 Å². The van der Waals surface area contributed by atoms with Crippen LogP contribution in [0.15, 0.2) is 41.9 Å². The monoisotopic (exact) mass is 419 g/mol. The SMILES string of the molecule is C=CCNC(=NCc1cccc(OCCOC)c1)NCC.I. The third-order valence-electron chi connectivity index (χ3n) is 2.63. The first-order valence-corrected chi connectivity index (χ1v) is 7.14. The average Bonchev–Trinajstić information content (AvgIpc) is 2.51. The molecule has 0 aliphatic heterocycles. The second kappa shape index (κ2) is 13.4. The number of aliphatic imine (C=N–C) groups is 1. The van der Waals surface area contributed by atoms with Gasteiger partial charge >= 0.3 is 0 Å². The molecule has 124 valence electrons. The first kappa shape index (κ1) is 20.7. The van der Waals surface area contributed by atoms with Gasteiger partial charge in [-0.05, 0) is 24.6 Å². The molecule has 0 atom stereocenters. The van der Waals surface area contributed by atoms with E-state index in [-0.39, 0.29) is 24.0 Å². The summed E-state index contributed by atoms with van der Waals surface area (Å²) in [6.07, 6.45) is 1.80. The van der Waals surface area contributed by atoms with Crippen molar-refractivity contribution in [3.05, 3.63) is 42.5 Å². The Labute approximate surface area is 150 Å². The van der Waals surface area contributed by atoms with Crippen LogP contribution in [0.2, 0.25) is 0 Å². The van der Waals surface area contributed by atoms with Crippen molar-refractivity contribution >= 4 is 29.9 Å². The highest BCUT2D eigenvalue weighted by molar-refractivity contribution is 14.0. The zero-order valence-corrected chi connectivity index (χ0v) is 15.6. The van der Waals surface area contributed by atoms with Crippen molar-refractivity contribution in [2.45, 2.75) is 13.5 Å². The van der Waals surface area contributed by atoms with Crippen molar-refractivity contribution in [1.29, 1.82) is 0 Å². The maximum atomic E-state index is 5.59. The van der Waals surface area contributed by atoms with Gasteiger partial charge in [0, 0.05) is 20.2 Å². The molecule has 2 N–H and O–H groups in total. The average molecular weight is 419 g/mol. The minimum absolute atomic E-state index is 0. The van der Waals surface area contributed by atoms with E-state index >= 15 is 0 Å². The molecule has 22 heavy (non-hydrogen) atoms. The maximum absolute atomic E-state index is 5.59. The lowest BCUT2D eigenvalue weighted by Gasteiger charge is -2.10. The van der Waals surface area contributed by atoms with Crippen LogP contribution in [0, 0.1) is 0 Å². The van der Waals surface area contributed by atoms with E-state index in [4.69, 9.17) is 9.47 Å². The quantitative estimate of drug-likeness (QED) is 0.213. The van der Waals surface area contributed by atoms with Gasteiger partial charge in [-0.3, -0.25) is 0 Å². The van der Waals surface area contributed by atoms with Crippen LogP contribution in [-0.4, -0.2) is 39.4 Å². The van der Waals surface area contributed by atoms with Gasteiger partial charge in [0.25, 0.3) is 0 Å². The largest absolute Gasteiger partial charge is 0.491 e. The van der Waals surface area contributed by atoms with E-state index in [0.717, 1.165) is 23.8 Å². The Balaban J connectivity index is 0.00000441. The van der Waals surface area contributed by atoms with Gasteiger partial charge in [0.1, 0.15) is 12.4 Å². The Kier molecular flexibility index (Phi) is 12.6. The predicted octanol–water partition coefficient (Wildman–Crippen LogP) is 2.57. The summed E-state index contributed by atoms with van der Waals surface area (Å²) in [5, 5.41) is 6.36. The van der Waals surface area contributed by atoms with Gasteiger partial charge in [0.15, 0.2) is 5.96 Å². The van der Waals surface area contributed by atoms with Crippen LogP contribution in [0.5, 0.6) is 5.75 Å². The van der Waals surface area contributed by atoms with Crippen molar-refractivity contribution in [2.24, 2.45) is 4.99 Å². The van der Waals surface area contributed by atoms with E-state index in [1.165, 1.54) is 0 Å². The number of halogens is 1. The predicted molar refractivity (Wildman–Crippen MR) is 102 cm³/mol. The van der Waals surface area contributed by atoms with Crippen LogP contribution >= 0.6 is 24.0 Å². The standard InChI is InChI=1S/C16H25N3O2.HI/c1-4-9-18-16(17-5-2)19-13-14-7-6-8-15(12-14)21-11-10-20-3;/h4,6-8,12H,1,5,9-11,13H2,2-3H3,(H2,17,18,19);1H. The van der Waals surface area contributed by atoms with Gasteiger partial charge < -0.3 is 20.1 Å². The molecule has 0 fully saturated rings. The molecule has 0 amide bonds. The molecule has 6 heteroatoms. The van der Waals surface area contributed by atoms with E-state index in [9.17, 15) is 0 Å². The molecule has 0 bridgehead atoms. The fraction of sp³-hybridized carbons (Fsp3) is 0.438. The second-order valence-corrected chi connectivity index (χ2v) is 4.35. The van der Waals surface area contributed by atoms with E-state index < -0.39 is 0 Å². The van der Waals surface area contributed by atoms with Gasteiger partial charge in [-0.2, -0.15) is 0 Å². The lowest BCUT2D eigenvalue weighted by Crippen LogP contribution is -2.37. The van der Waals surface area contributed by atoms with Gasteiger partial charge in [-0.15, -0.1) is 30.6 Å². The summed E-state index contributed by atoms with van der Waals surface area (Å²) in [4.78, 5) is 4.53. The van der Waals surface area contributed by atoms with Gasteiger partial charge in [0.2, 0.25) is 0 Å². The molecule has 0 unspecified atom stereocenters. The van der Waals surface area contributed by atoms with Crippen molar-refractivity contribution < 1.29 is 9.47 Å². The van der Waals surface area contributed by atoms with E-state index in [1.54, 1.807) is 13.2 Å². The molecule has 1 aromatic rings. The molecule has 0 radical (unpaired) electrons. The molecular formula is C16H26IN3O2. The van der Waals surface area contributed by atoms with Crippen LogP contribution in [0.1, 0.15) is 12.5 Å². The van der Waals surface area contributed by atoms with Crippen LogP contribution in [-0.2, 0) is 11.3 Å². The van der Waals surface area contributed by atoms with Crippen molar-refractivity contribution in [1.82, 2.24) is 10.6 Å². The summed E-state index contributed by atoms with van der Waals surface area (Å²) >= 11 is 0. The number of methoxy groups -OCH3 is 1. The van der Waals surface area contributed by atoms with Crippen LogP contribution in [0.4, 0.5) is 0 Å². The highest BCUT2D eigenvalue weighted by Gasteiger charge is 1.99. The minimum atomic E-state index is 0. The lowest BCUT2D eigenvalue weighted by molar-refractivity contribution is 0.146. The smallest absolute Gasteiger partial charge is 0.191 e. The molecule has 1 aromatic carbocycles. The first-order chi connectivity index (χ1) is 10.3. The van der Waals surface area contributed by atoms with Gasteiger partial charge in [-0.1, -0.05) is 18.2 Å². The topological polar surface area (TPSA) is 54.9 Å². The highest BCUT2D eigenvalue weighted by Crippen LogP contribution is 2.13. The molecule has 0 saturated heterocycles. The summed E-state index contributed by atoms with van der Waals surface area (Å²) in [6, 6.07) is 7.93. The number of hydrogen-bond acceptors (Lipinski definition) is 3. The Morgan fingerprint density at radius 3 is 2.82 bits per heavy atom. The third kappa shape index (κ3) is 8.89. The van der Waals surface area contributed by atoms with Crippen molar-refractivity contribution in [2.75, 3.05) is 33.4 Å². The molecule has 0 heterocycles. The van der Waals surface area contributed by atoms with Crippen LogP contribution in [0.25, 0.3) is 0 Å². The van der Waals surface area contributed by atoms with Gasteiger partial charge in [-0.25, -0.2) is 4.99 Å². The zero-order valence-electron chi connectivity index (χ0n) is 13.3. The van der Waals surface area contributed by atoms with E-state index in [2.05, 4.69) is 22.2 Å². The lowest BCUT2D eigenvalue weighted by atomic mass is 10.2. The number of hydrogen-bond donors (Lipinski definition) is 2. The summed E-state index contributed by atoms with van der Waals surface area (Å²) in [5.74, 6) is 1.62. The van der Waals surface area contributed by atoms with Crippen molar-refractivity contribution in [3.8, 4) is 5.75 Å². The number of guanidine groups is 1. The molecule has 0 aliphatic rings. The summed E-state index contributed by atoms with van der Waals surface area (Å²) in [7, 11) is 1.66. The number of nitrogens with zero attached hydrogens (tertiary/aromatic N) is 1. The van der Waals surface area contributed by atoms with E-state index in [0.29, 0.717) is 26.3 Å². The number of rotatable bonds is 9. The number of ether oxygens (including phenoxy) is 2. The molecular weight excluding hydrogens is 393 g/mol. The van der Waals surface area contributed by atoms with E-state index in [1.807, 2.05) is 31.2 Å². The molecule has 0 spiro atoms. The van der Waals surface area contributed by atoms with Crippen molar-refractivity contribution in [3.63, 3.8) is 0 Å². The third-order valence-corrected chi connectivity index (χ3v) is 2.63. The normalized spacial score (nSPS) is 10.5. The Hall–Kier alpha value is -1.28. The Bertz CT molecular complexity index is 453. The fourth-order valence-electron chi connectivity index (χ4n) is 1.66. The molecule has 5 nitrogen and oxygen atoms in total. The van der Waals surface area contributed by atoms with Gasteiger partial charge in [0.05, 0.1) is 13.2 Å². The summed E-state index contributed by atoms with van der Waals surface area (Å²) in [5.41, 5.74) is 1.10. The first-order valence-electron chi connectivity index (χ1n) is 7.14. The number of nitrogens with one attached hydrogen (secondary N) is 2. The maximum Gasteiger partial charge on any atom is 0.191 e. The second-order valence-electron chi connectivity index (χ2n) is 4.35. The highest BCUT2D eigenvalue weighted by atomic mass is 127. The number of benzene rings is 1. The minimum Gasteiger partial charge on any atom is -0.491 e. The van der Waals surface area contributed by atoms with Crippen LogP contribution < -0.4 is 15.4 Å². The Morgan fingerprint density at radius 2 is 2.14 bits per heavy atom. The fourth-order valence-corrected chi connectivity index (χ4v) is 1.66. The molecule has 1 rings (SSSR count).